The number of unbranched alkanes of at least 4 members (excludes halogenated alkanes) is 3. The molecule has 0 amide bonds. The molecule has 1 unspecified atom stereocenters. The van der Waals surface area contributed by atoms with Gasteiger partial charge >= 0.3 is 8.25 Å². The van der Waals surface area contributed by atoms with E-state index in [4.69, 9.17) is 9.42 Å². The van der Waals surface area contributed by atoms with Gasteiger partial charge in [0.15, 0.2) is 0 Å². The molecule has 0 radical (unpaired) electrons. The van der Waals surface area contributed by atoms with Crippen LogP contribution in [0, 0.1) is 22.7 Å². The lowest BCUT2D eigenvalue weighted by Crippen LogP contribution is -2.18. The van der Waals surface area contributed by atoms with Gasteiger partial charge in [0.2, 0.25) is 9.84 Å². The summed E-state index contributed by atoms with van der Waals surface area (Å²) in [6.45, 7) is 1.83. The molecule has 0 spiro atoms. The Labute approximate surface area is 212 Å². The molecule has 0 aromatic heterocycles. The van der Waals surface area contributed by atoms with Crippen molar-refractivity contribution in [3.8, 4) is 12.1 Å². The molecule has 1 aliphatic heterocycles. The first-order valence-corrected chi connectivity index (χ1v) is 14.3. The fourth-order valence-electron chi connectivity index (χ4n) is 4.43. The monoisotopic (exact) mass is 522 g/mol. The van der Waals surface area contributed by atoms with E-state index in [2.05, 4.69) is 0 Å². The average Bonchev–Trinajstić information content (AvgIpc) is 2.86. The Morgan fingerprint density at radius 2 is 1.42 bits per heavy atom. The van der Waals surface area contributed by atoms with Gasteiger partial charge in [-0.25, -0.2) is 8.42 Å². The van der Waals surface area contributed by atoms with Crippen LogP contribution in [0.3, 0.4) is 0 Å². The molecule has 0 aliphatic carbocycles. The van der Waals surface area contributed by atoms with Gasteiger partial charge in [0, 0.05) is 5.57 Å². The van der Waals surface area contributed by atoms with Crippen molar-refractivity contribution < 1.29 is 22.4 Å². The van der Waals surface area contributed by atoms with Gasteiger partial charge in [-0.15, -0.1) is 0 Å². The normalized spacial score (nSPS) is 15.8. The molecule has 0 fully saturated rings. The predicted molar refractivity (Wildman–Crippen MR) is 140 cm³/mol. The highest BCUT2D eigenvalue weighted by Gasteiger charge is 2.38. The Kier molecular flexibility index (Phi) is 9.58. The Morgan fingerprint density at radius 1 is 0.889 bits per heavy atom. The summed E-state index contributed by atoms with van der Waals surface area (Å²) in [5, 5.41) is 19.6. The van der Waals surface area contributed by atoms with Crippen LogP contribution in [0.2, 0.25) is 0 Å². The zero-order chi connectivity index (χ0) is 26.1. The van der Waals surface area contributed by atoms with Crippen molar-refractivity contribution in [2.45, 2.75) is 39.0 Å². The molecule has 186 valence electrons. The summed E-state index contributed by atoms with van der Waals surface area (Å²) >= 11 is 0. The van der Waals surface area contributed by atoms with Crippen LogP contribution in [-0.4, -0.2) is 19.9 Å². The lowest BCUT2D eigenvalue weighted by Gasteiger charge is -2.28. The fraction of sp³-hybridized carbons (Fsp3) is 0.259. The number of nitriles is 2. The number of benzene rings is 2. The zero-order valence-electron chi connectivity index (χ0n) is 19.9. The van der Waals surface area contributed by atoms with Gasteiger partial charge in [-0.1, -0.05) is 73.5 Å². The predicted octanol–water partition coefficient (Wildman–Crippen LogP) is 5.95. The molecule has 0 bridgehead atoms. The third-order valence-electron chi connectivity index (χ3n) is 5.92. The van der Waals surface area contributed by atoms with Crippen molar-refractivity contribution in [3.63, 3.8) is 0 Å². The van der Waals surface area contributed by atoms with E-state index in [0.29, 0.717) is 47.1 Å². The SMILES string of the molecule is CC1=C(c2ccccc2)S(=O)(=O)C(c2ccccc2)=C(CCCCCCO[PH](=O)O)C1=C(C#N)C#N. The highest BCUT2D eigenvalue weighted by Crippen LogP contribution is 2.48. The fourth-order valence-corrected chi connectivity index (χ4v) is 6.88. The minimum atomic E-state index is -3.99. The maximum Gasteiger partial charge on any atom is 0.316 e. The summed E-state index contributed by atoms with van der Waals surface area (Å²) in [6, 6.07) is 21.4. The van der Waals surface area contributed by atoms with Crippen molar-refractivity contribution in [3.05, 3.63) is 94.1 Å². The minimum Gasteiger partial charge on any atom is -0.326 e. The lowest BCUT2D eigenvalue weighted by atomic mass is 9.87. The summed E-state index contributed by atoms with van der Waals surface area (Å²) in [7, 11) is -6.93. The van der Waals surface area contributed by atoms with Crippen molar-refractivity contribution in [1.29, 1.82) is 10.5 Å². The van der Waals surface area contributed by atoms with Crippen LogP contribution < -0.4 is 0 Å². The third-order valence-corrected chi connectivity index (χ3v) is 8.47. The number of nitrogens with zero attached hydrogens (tertiary/aromatic N) is 2. The largest absolute Gasteiger partial charge is 0.326 e. The second-order valence-electron chi connectivity index (χ2n) is 8.25. The molecule has 1 atom stereocenters. The highest BCUT2D eigenvalue weighted by molar-refractivity contribution is 8.09. The van der Waals surface area contributed by atoms with Crippen LogP contribution in [0.25, 0.3) is 9.81 Å². The van der Waals surface area contributed by atoms with E-state index in [1.54, 1.807) is 67.6 Å². The van der Waals surface area contributed by atoms with Gasteiger partial charge in [-0.05, 0) is 48.5 Å². The number of sulfone groups is 1. The first kappa shape index (κ1) is 27.3. The molecule has 0 saturated carbocycles. The molecule has 1 aliphatic rings. The third kappa shape index (κ3) is 6.10. The molecule has 1 heterocycles. The van der Waals surface area contributed by atoms with Crippen LogP contribution in [0.5, 0.6) is 0 Å². The molecule has 1 N–H and O–H groups in total. The summed E-state index contributed by atoms with van der Waals surface area (Å²) in [4.78, 5) is 8.98. The van der Waals surface area contributed by atoms with E-state index in [9.17, 15) is 23.5 Å². The van der Waals surface area contributed by atoms with Gasteiger partial charge in [-0.3, -0.25) is 4.57 Å². The van der Waals surface area contributed by atoms with Crippen molar-refractivity contribution in [2.75, 3.05) is 6.61 Å². The van der Waals surface area contributed by atoms with Crippen LogP contribution in [-0.2, 0) is 18.9 Å². The van der Waals surface area contributed by atoms with E-state index in [1.807, 2.05) is 12.1 Å². The molecule has 36 heavy (non-hydrogen) atoms. The van der Waals surface area contributed by atoms with E-state index >= 15 is 0 Å². The lowest BCUT2D eigenvalue weighted by molar-refractivity contribution is 0.273. The van der Waals surface area contributed by atoms with Gasteiger partial charge < -0.3 is 9.42 Å². The van der Waals surface area contributed by atoms with Crippen LogP contribution >= 0.6 is 8.25 Å². The van der Waals surface area contributed by atoms with Crippen molar-refractivity contribution in [2.24, 2.45) is 0 Å². The average molecular weight is 523 g/mol. The second kappa shape index (κ2) is 12.6. The Bertz CT molecular complexity index is 1400. The number of rotatable bonds is 10. The molecule has 9 heteroatoms. The van der Waals surface area contributed by atoms with Gasteiger partial charge in [0.05, 0.1) is 16.4 Å². The summed E-state index contributed by atoms with van der Waals surface area (Å²) in [5.41, 5.74) is 2.10. The van der Waals surface area contributed by atoms with Gasteiger partial charge in [0.25, 0.3) is 0 Å². The van der Waals surface area contributed by atoms with Crippen LogP contribution in [0.1, 0.15) is 50.2 Å². The number of hydrogen-bond donors (Lipinski definition) is 1. The summed E-state index contributed by atoms with van der Waals surface area (Å²) < 4.78 is 43.7. The summed E-state index contributed by atoms with van der Waals surface area (Å²) in [6.07, 6.45) is 3.00. The molecule has 3 rings (SSSR count). The first-order chi connectivity index (χ1) is 17.3. The molecule has 2 aromatic rings. The smallest absolute Gasteiger partial charge is 0.316 e. The molecule has 7 nitrogen and oxygen atoms in total. The Morgan fingerprint density at radius 3 is 1.94 bits per heavy atom. The molecular formula is C27H27N2O5PS. The second-order valence-corrected chi connectivity index (χ2v) is 10.9. The van der Waals surface area contributed by atoms with E-state index in [-0.39, 0.29) is 22.0 Å². The Balaban J connectivity index is 2.14. The quantitative estimate of drug-likeness (QED) is 0.232. The molecule has 2 aromatic carbocycles. The van der Waals surface area contributed by atoms with Crippen LogP contribution in [0.4, 0.5) is 0 Å². The topological polar surface area (TPSA) is 128 Å². The minimum absolute atomic E-state index is 0.0973. The molecular weight excluding hydrogens is 495 g/mol. The van der Waals surface area contributed by atoms with E-state index < -0.39 is 18.1 Å². The maximum atomic E-state index is 14.1. The maximum absolute atomic E-state index is 14.1. The highest BCUT2D eigenvalue weighted by atomic mass is 32.2. The van der Waals surface area contributed by atoms with Crippen LogP contribution in [0.15, 0.2) is 83.0 Å². The van der Waals surface area contributed by atoms with Gasteiger partial charge in [-0.2, -0.15) is 10.5 Å². The zero-order valence-corrected chi connectivity index (χ0v) is 21.7. The standard InChI is InChI=1S/C27H27N2O5PS/c1-20-25(23(18-28)19-29)24(16-10-2-3-11-17-34-35(30)31)27(22-14-8-5-9-15-22)36(32,33)26(20)21-12-6-4-7-13-21/h4-9,12-15,35H,2-3,10-11,16-17H2,1H3,(H,30,31). The van der Waals surface area contributed by atoms with E-state index in [0.717, 1.165) is 12.8 Å². The Hall–Kier alpha value is -3.26. The number of hydrogen-bond acceptors (Lipinski definition) is 6. The van der Waals surface area contributed by atoms with Crippen molar-refractivity contribution >= 4 is 27.9 Å². The number of allylic oxidation sites excluding steroid dienone is 4. The summed E-state index contributed by atoms with van der Waals surface area (Å²) in [5.74, 6) is 0. The van der Waals surface area contributed by atoms with Crippen molar-refractivity contribution in [1.82, 2.24) is 0 Å². The van der Waals surface area contributed by atoms with E-state index in [1.165, 1.54) is 0 Å². The van der Waals surface area contributed by atoms with Gasteiger partial charge in [0.1, 0.15) is 17.7 Å². The first-order valence-electron chi connectivity index (χ1n) is 11.5. The molecule has 0 saturated heterocycles.